The minimum atomic E-state index is -2.37. The number of amides is 2. The highest BCUT2D eigenvalue weighted by molar-refractivity contribution is 6.31. The molecular formula is C46H53N3O15. The van der Waals surface area contributed by atoms with Gasteiger partial charge in [0, 0.05) is 48.0 Å². The van der Waals surface area contributed by atoms with Crippen molar-refractivity contribution in [1.29, 1.82) is 0 Å². The lowest BCUT2D eigenvalue weighted by molar-refractivity contribution is -0.249. The molecule has 1 heterocycles. The first-order valence-electron chi connectivity index (χ1n) is 21.1. The van der Waals surface area contributed by atoms with Gasteiger partial charge in [0.15, 0.2) is 17.9 Å². The van der Waals surface area contributed by atoms with Crippen LogP contribution in [0, 0.1) is 13.8 Å². The number of phenolic OH excluding ortho intramolecular Hbond substituents is 2. The van der Waals surface area contributed by atoms with Crippen LogP contribution < -0.4 is 25.8 Å². The molecular weight excluding hydrogens is 835 g/mol. The monoisotopic (exact) mass is 887 g/mol. The topological polar surface area (TPSA) is 283 Å². The summed E-state index contributed by atoms with van der Waals surface area (Å²) in [5, 5.41) is 61.5. The summed E-state index contributed by atoms with van der Waals surface area (Å²) in [6.45, 7) is 3.72. The van der Waals surface area contributed by atoms with Crippen LogP contribution in [0.4, 0.5) is 9.59 Å². The van der Waals surface area contributed by atoms with Crippen molar-refractivity contribution in [3.63, 3.8) is 0 Å². The van der Waals surface area contributed by atoms with Crippen molar-refractivity contribution < 1.29 is 73.2 Å². The molecule has 18 nitrogen and oxygen atoms in total. The van der Waals surface area contributed by atoms with Crippen LogP contribution in [0.15, 0.2) is 42.5 Å². The van der Waals surface area contributed by atoms with Crippen LogP contribution in [-0.2, 0) is 32.0 Å². The Morgan fingerprint density at radius 1 is 0.938 bits per heavy atom. The van der Waals surface area contributed by atoms with Crippen LogP contribution in [0.25, 0.3) is 0 Å². The molecule has 1 fully saturated rings. The van der Waals surface area contributed by atoms with E-state index in [2.05, 4.69) is 22.8 Å². The molecule has 3 aromatic carbocycles. The number of fused-ring (bicyclic) bond motifs is 3. The van der Waals surface area contributed by atoms with Crippen LogP contribution in [0.2, 0.25) is 0 Å². The van der Waals surface area contributed by atoms with Crippen LogP contribution in [0.3, 0.4) is 0 Å². The summed E-state index contributed by atoms with van der Waals surface area (Å²) >= 11 is 0. The van der Waals surface area contributed by atoms with Crippen LogP contribution in [0.5, 0.6) is 23.0 Å². The van der Waals surface area contributed by atoms with Gasteiger partial charge in [-0.25, -0.2) is 9.59 Å². The Hall–Kier alpha value is -5.89. The molecule has 1 aliphatic heterocycles. The van der Waals surface area contributed by atoms with Crippen molar-refractivity contribution in [1.82, 2.24) is 10.6 Å². The number of nitrogens with two attached hydrogens (primary N) is 1. The number of ketones is 3. The van der Waals surface area contributed by atoms with E-state index in [0.717, 1.165) is 19.3 Å². The summed E-state index contributed by atoms with van der Waals surface area (Å²) < 4.78 is 28.7. The highest BCUT2D eigenvalue weighted by Gasteiger charge is 2.50. The average Bonchev–Trinajstić information content (AvgIpc) is 3.25. The van der Waals surface area contributed by atoms with Crippen molar-refractivity contribution >= 4 is 29.5 Å². The molecule has 0 saturated carbocycles. The van der Waals surface area contributed by atoms with Gasteiger partial charge in [0.1, 0.15) is 47.9 Å². The number of Topliss-reactive ketones (excluding diaryl/α,β-unsaturated/α-hetero) is 1. The van der Waals surface area contributed by atoms with Crippen molar-refractivity contribution in [2.45, 2.75) is 121 Å². The first-order chi connectivity index (χ1) is 30.5. The fourth-order valence-electron chi connectivity index (χ4n) is 9.15. The Morgan fingerprint density at radius 3 is 2.30 bits per heavy atom. The fraction of sp³-hybridized carbons (Fsp3) is 0.457. The molecule has 8 atom stereocenters. The highest BCUT2D eigenvalue weighted by Crippen LogP contribution is 2.52. The summed E-state index contributed by atoms with van der Waals surface area (Å²) in [4.78, 5) is 66.9. The molecule has 0 aromatic heterocycles. The smallest absolute Gasteiger partial charge is 0.412 e. The van der Waals surface area contributed by atoms with Gasteiger partial charge < -0.3 is 65.6 Å². The van der Waals surface area contributed by atoms with Crippen LogP contribution in [0.1, 0.15) is 111 Å². The van der Waals surface area contributed by atoms with E-state index in [1.807, 2.05) is 0 Å². The van der Waals surface area contributed by atoms with Gasteiger partial charge in [-0.2, -0.15) is 0 Å². The van der Waals surface area contributed by atoms with Gasteiger partial charge in [-0.15, -0.1) is 0 Å². The van der Waals surface area contributed by atoms with Gasteiger partial charge >= 0.3 is 12.2 Å². The number of alkyl carbamates (subject to hydrolysis) is 1. The third-order valence-electron chi connectivity index (χ3n) is 12.4. The second-order valence-electron chi connectivity index (χ2n) is 16.8. The molecule has 7 rings (SSSR count). The summed E-state index contributed by atoms with van der Waals surface area (Å²) in [6, 6.07) is 6.21. The molecule has 3 unspecified atom stereocenters. The third-order valence-corrected chi connectivity index (χ3v) is 12.4. The molecule has 18 heteroatoms. The number of rotatable bonds is 10. The maximum absolute atomic E-state index is 14.0. The van der Waals surface area contributed by atoms with Gasteiger partial charge in [0.05, 0.1) is 42.0 Å². The number of aryl methyl sites for hydroxylation is 2. The number of benzene rings is 3. The minimum absolute atomic E-state index is 0.0488. The second kappa shape index (κ2) is 18.7. The number of phenols is 2. The Balaban J connectivity index is 1.06. The molecule has 3 aromatic rings. The zero-order valence-electron chi connectivity index (χ0n) is 35.8. The Bertz CT molecular complexity index is 2380. The van der Waals surface area contributed by atoms with E-state index >= 15 is 0 Å². The predicted molar refractivity (Wildman–Crippen MR) is 225 cm³/mol. The van der Waals surface area contributed by atoms with Crippen LogP contribution >= 0.6 is 0 Å². The molecule has 4 aliphatic rings. The SMILES string of the molecule is COc1cccc2c1C(=O)c1c(O)c3c(c(O)c1C2=O)C[C@@](O)(C(=O)CO)C[C@@H]3O[C@H]1C[C@@H](NC(=O)OCc2cc(C)c(OC(=O)NC3CC/C=C/CCC3N)c(C)c2)[C@H](O)C(C)O1. The Labute approximate surface area is 368 Å². The van der Waals surface area contributed by atoms with E-state index in [4.69, 9.17) is 29.4 Å². The normalized spacial score (nSPS) is 26.8. The first kappa shape index (κ1) is 46.1. The standard InChI is InChI=1S/C46H53N3O15/c1-21-14-24(15-22(2)43(21)64-45(58)48-28-12-8-6-5-7-11-27(28)47)20-61-44(57)49-29-16-33(62-23(3)38(29)52)63-31-18-46(59,32(51)19-50)17-26-35(31)42(56)37-36(40(26)54)39(53)25-10-9-13-30(60-4)34(25)41(37)55/h5-6,9-10,13-15,23,27-29,31,33,38,50,52,54,56,59H,7-8,11-12,16-20,47H2,1-4H3,(H,48,58)(H,49,57)/b6-5+/t23?,27?,28?,29-,31+,33+,38-,46+/m1/s1. The van der Waals surface area contributed by atoms with E-state index in [-0.39, 0.29) is 53.1 Å². The van der Waals surface area contributed by atoms with E-state index in [0.29, 0.717) is 28.9 Å². The molecule has 0 spiro atoms. The summed E-state index contributed by atoms with van der Waals surface area (Å²) in [6.07, 6.45) is -0.875. The second-order valence-corrected chi connectivity index (χ2v) is 16.8. The average molecular weight is 888 g/mol. The number of carbonyl (C=O) groups is 5. The number of hydrogen-bond acceptors (Lipinski definition) is 16. The van der Waals surface area contributed by atoms with Crippen molar-refractivity contribution in [3.8, 4) is 23.0 Å². The predicted octanol–water partition coefficient (Wildman–Crippen LogP) is 3.50. The number of ether oxygens (including phenoxy) is 5. The molecule has 64 heavy (non-hydrogen) atoms. The van der Waals surface area contributed by atoms with E-state index < -0.39 is 108 Å². The highest BCUT2D eigenvalue weighted by atomic mass is 16.7. The van der Waals surface area contributed by atoms with Gasteiger partial charge in [0.2, 0.25) is 5.78 Å². The van der Waals surface area contributed by atoms with Crippen molar-refractivity contribution in [2.24, 2.45) is 5.73 Å². The molecule has 9 N–H and O–H groups in total. The number of methoxy groups -OCH3 is 1. The quantitative estimate of drug-likeness (QED) is 0.0836. The number of nitrogens with one attached hydrogen (secondary N) is 2. The molecule has 0 radical (unpaired) electrons. The molecule has 0 bridgehead atoms. The van der Waals surface area contributed by atoms with Crippen molar-refractivity contribution in [2.75, 3.05) is 13.7 Å². The summed E-state index contributed by atoms with van der Waals surface area (Å²) in [5.41, 5.74) is 3.93. The Morgan fingerprint density at radius 2 is 1.61 bits per heavy atom. The number of aliphatic hydroxyl groups excluding tert-OH is 2. The number of allylic oxidation sites excluding steroid dienone is 2. The van der Waals surface area contributed by atoms with Crippen LogP contribution in [-0.4, -0.2) is 111 Å². The third kappa shape index (κ3) is 8.93. The number of aliphatic hydroxyl groups is 3. The van der Waals surface area contributed by atoms with Gasteiger partial charge in [-0.1, -0.05) is 24.3 Å². The number of aromatic hydroxyl groups is 2. The minimum Gasteiger partial charge on any atom is -0.507 e. The molecule has 1 saturated heterocycles. The fourth-order valence-corrected chi connectivity index (χ4v) is 9.15. The van der Waals surface area contributed by atoms with E-state index in [1.54, 1.807) is 26.0 Å². The zero-order chi connectivity index (χ0) is 46.2. The molecule has 2 amide bonds. The lowest BCUT2D eigenvalue weighted by Crippen LogP contribution is -2.56. The lowest BCUT2D eigenvalue weighted by atomic mass is 9.72. The van der Waals surface area contributed by atoms with E-state index in [9.17, 15) is 49.5 Å². The van der Waals surface area contributed by atoms with Gasteiger partial charge in [-0.05, 0) is 81.3 Å². The largest absolute Gasteiger partial charge is 0.507 e. The first-order valence-corrected chi connectivity index (χ1v) is 21.1. The van der Waals surface area contributed by atoms with Crippen molar-refractivity contribution in [3.05, 3.63) is 92.6 Å². The molecule has 3 aliphatic carbocycles. The maximum atomic E-state index is 14.0. The van der Waals surface area contributed by atoms with Gasteiger partial charge in [0.25, 0.3) is 0 Å². The number of hydrogen-bond donors (Lipinski definition) is 8. The zero-order valence-corrected chi connectivity index (χ0v) is 35.8. The van der Waals surface area contributed by atoms with Gasteiger partial charge in [-0.3, -0.25) is 14.4 Å². The summed E-state index contributed by atoms with van der Waals surface area (Å²) in [5.74, 6) is -3.82. The maximum Gasteiger partial charge on any atom is 0.412 e. The molecule has 342 valence electrons. The Kier molecular flexibility index (Phi) is 13.5. The number of carbonyl (C=O) groups excluding carboxylic acids is 5. The lowest BCUT2D eigenvalue weighted by Gasteiger charge is -2.42. The van der Waals surface area contributed by atoms with E-state index in [1.165, 1.54) is 32.2 Å². The summed E-state index contributed by atoms with van der Waals surface area (Å²) in [7, 11) is 1.30.